The Morgan fingerprint density at radius 3 is 2.81 bits per heavy atom. The summed E-state index contributed by atoms with van der Waals surface area (Å²) in [5, 5.41) is 4.89. The van der Waals surface area contributed by atoms with Crippen molar-refractivity contribution in [2.24, 2.45) is 0 Å². The molecule has 3 rings (SSSR count). The third kappa shape index (κ3) is 4.33. The Hall–Kier alpha value is -2.33. The van der Waals surface area contributed by atoms with Crippen LogP contribution in [0.2, 0.25) is 0 Å². The Kier molecular flexibility index (Phi) is 5.85. The molecule has 0 aliphatic rings. The minimum Gasteiger partial charge on any atom is -0.492 e. The zero-order valence-corrected chi connectivity index (χ0v) is 16.7. The van der Waals surface area contributed by atoms with Crippen molar-refractivity contribution in [3.63, 3.8) is 0 Å². The fourth-order valence-electron chi connectivity index (χ4n) is 2.56. The van der Waals surface area contributed by atoms with Gasteiger partial charge in [0.2, 0.25) is 15.0 Å². The largest absolute Gasteiger partial charge is 0.492 e. The van der Waals surface area contributed by atoms with Crippen LogP contribution in [0.25, 0.3) is 16.7 Å². The number of hydrogen-bond acceptors (Lipinski definition) is 7. The van der Waals surface area contributed by atoms with E-state index in [4.69, 9.17) is 4.74 Å². The maximum absolute atomic E-state index is 12.2. The first-order valence-electron chi connectivity index (χ1n) is 8.38. The van der Waals surface area contributed by atoms with Crippen LogP contribution in [0.4, 0.5) is 0 Å². The van der Waals surface area contributed by atoms with Crippen molar-refractivity contribution in [1.29, 1.82) is 0 Å². The monoisotopic (exact) mass is 408 g/mol. The van der Waals surface area contributed by atoms with E-state index in [1.165, 1.54) is 6.20 Å². The summed E-state index contributed by atoms with van der Waals surface area (Å²) < 4.78 is 43.0. The summed E-state index contributed by atoms with van der Waals surface area (Å²) in [6.45, 7) is 2.12. The molecule has 0 saturated carbocycles. The highest BCUT2D eigenvalue weighted by atomic mass is 32.2. The van der Waals surface area contributed by atoms with E-state index in [0.29, 0.717) is 30.3 Å². The predicted molar refractivity (Wildman–Crippen MR) is 103 cm³/mol. The molecule has 8 nitrogen and oxygen atoms in total. The van der Waals surface area contributed by atoms with Gasteiger partial charge in [-0.15, -0.1) is 0 Å². The van der Waals surface area contributed by atoms with Crippen LogP contribution in [-0.4, -0.2) is 56.7 Å². The second kappa shape index (κ2) is 8.13. The Morgan fingerprint density at radius 2 is 2.07 bits per heavy atom. The molecule has 0 radical (unpaired) electrons. The summed E-state index contributed by atoms with van der Waals surface area (Å²) in [5.41, 5.74) is 0.725. The average molecular weight is 409 g/mol. The molecule has 144 valence electrons. The lowest BCUT2D eigenvalue weighted by Crippen LogP contribution is -2.12. The summed E-state index contributed by atoms with van der Waals surface area (Å²) in [6.07, 6.45) is 5.16. The number of ether oxygens (including phenoxy) is 1. The van der Waals surface area contributed by atoms with Crippen LogP contribution in [0.3, 0.4) is 0 Å². The summed E-state index contributed by atoms with van der Waals surface area (Å²) in [4.78, 5) is 8.09. The Labute approximate surface area is 160 Å². The van der Waals surface area contributed by atoms with Gasteiger partial charge in [0.25, 0.3) is 0 Å². The molecule has 0 amide bonds. The van der Waals surface area contributed by atoms with Crippen LogP contribution in [0.15, 0.2) is 41.8 Å². The van der Waals surface area contributed by atoms with Crippen LogP contribution < -0.4 is 4.74 Å². The molecular formula is C17H20N4O4S2. The van der Waals surface area contributed by atoms with E-state index >= 15 is 0 Å². The minimum atomic E-state index is -3.52. The molecule has 1 atom stereocenters. The van der Waals surface area contributed by atoms with Crippen LogP contribution in [0, 0.1) is 0 Å². The molecule has 1 unspecified atom stereocenters. The Balaban J connectivity index is 1.98. The molecule has 0 saturated heterocycles. The molecule has 2 aromatic heterocycles. The van der Waals surface area contributed by atoms with Gasteiger partial charge in [0.05, 0.1) is 35.2 Å². The van der Waals surface area contributed by atoms with Gasteiger partial charge >= 0.3 is 0 Å². The van der Waals surface area contributed by atoms with Crippen molar-refractivity contribution in [3.8, 4) is 11.6 Å². The first kappa shape index (κ1) is 19.4. The molecule has 1 aromatic carbocycles. The second-order valence-electron chi connectivity index (χ2n) is 5.89. The van der Waals surface area contributed by atoms with Gasteiger partial charge in [0, 0.05) is 29.3 Å². The Bertz CT molecular complexity index is 1080. The fraction of sp³-hybridized carbons (Fsp3) is 0.353. The lowest BCUT2D eigenvalue weighted by atomic mass is 10.2. The number of benzene rings is 1. The van der Waals surface area contributed by atoms with Gasteiger partial charge < -0.3 is 4.74 Å². The van der Waals surface area contributed by atoms with Gasteiger partial charge in [-0.05, 0) is 18.6 Å². The van der Waals surface area contributed by atoms with Crippen molar-refractivity contribution in [1.82, 2.24) is 19.7 Å². The smallest absolute Gasteiger partial charge is 0.249 e. The van der Waals surface area contributed by atoms with E-state index in [2.05, 4.69) is 15.1 Å². The minimum absolute atomic E-state index is 0.00685. The molecule has 0 fully saturated rings. The summed E-state index contributed by atoms with van der Waals surface area (Å²) in [7, 11) is -4.45. The first-order chi connectivity index (χ1) is 12.9. The third-order valence-corrected chi connectivity index (χ3v) is 6.23. The van der Waals surface area contributed by atoms with E-state index < -0.39 is 20.6 Å². The normalized spacial score (nSPS) is 13.0. The molecule has 0 spiro atoms. The van der Waals surface area contributed by atoms with E-state index in [9.17, 15) is 12.6 Å². The fourth-order valence-corrected chi connectivity index (χ4v) is 4.05. The maximum Gasteiger partial charge on any atom is 0.249 e. The van der Waals surface area contributed by atoms with Crippen molar-refractivity contribution >= 4 is 31.5 Å². The van der Waals surface area contributed by atoms with Crippen LogP contribution in [-0.2, 0) is 20.6 Å². The molecule has 3 aromatic rings. The molecule has 10 heteroatoms. The third-order valence-electron chi connectivity index (χ3n) is 3.79. The van der Waals surface area contributed by atoms with Gasteiger partial charge in [-0.2, -0.15) is 10.1 Å². The van der Waals surface area contributed by atoms with E-state index in [0.717, 1.165) is 10.9 Å². The second-order valence-corrected chi connectivity index (χ2v) is 9.44. The lowest BCUT2D eigenvalue weighted by molar-refractivity contribution is 0.347. The quantitative estimate of drug-likeness (QED) is 0.523. The van der Waals surface area contributed by atoms with Gasteiger partial charge in [-0.3, -0.25) is 4.21 Å². The van der Waals surface area contributed by atoms with Crippen molar-refractivity contribution in [3.05, 3.63) is 36.7 Å². The number of fused-ring (bicyclic) bond motifs is 1. The van der Waals surface area contributed by atoms with Crippen molar-refractivity contribution in [2.45, 2.75) is 18.5 Å². The Morgan fingerprint density at radius 1 is 1.26 bits per heavy atom. The highest BCUT2D eigenvalue weighted by Crippen LogP contribution is 2.27. The van der Waals surface area contributed by atoms with E-state index in [1.807, 2.05) is 18.2 Å². The zero-order valence-electron chi connectivity index (χ0n) is 15.0. The van der Waals surface area contributed by atoms with Gasteiger partial charge in [0.1, 0.15) is 5.75 Å². The highest BCUT2D eigenvalue weighted by Gasteiger charge is 2.18. The van der Waals surface area contributed by atoms with Crippen LogP contribution >= 0.6 is 0 Å². The summed E-state index contributed by atoms with van der Waals surface area (Å²) in [6, 6.07) is 7.07. The number of hydrogen-bond donors (Lipinski definition) is 0. The van der Waals surface area contributed by atoms with Crippen LogP contribution in [0.5, 0.6) is 5.75 Å². The molecule has 0 N–H and O–H groups in total. The lowest BCUT2D eigenvalue weighted by Gasteiger charge is -2.08. The zero-order chi connectivity index (χ0) is 19.4. The van der Waals surface area contributed by atoms with Gasteiger partial charge in [0.15, 0.2) is 5.82 Å². The first-order valence-corrected chi connectivity index (χ1v) is 11.8. The van der Waals surface area contributed by atoms with Gasteiger partial charge in [-0.25, -0.2) is 18.1 Å². The molecule has 27 heavy (non-hydrogen) atoms. The molecule has 0 aliphatic carbocycles. The van der Waals surface area contributed by atoms with E-state index in [1.54, 1.807) is 30.1 Å². The topological polar surface area (TPSA) is 104 Å². The molecule has 0 aliphatic heterocycles. The molecule has 0 bridgehead atoms. The highest BCUT2D eigenvalue weighted by molar-refractivity contribution is 7.91. The summed E-state index contributed by atoms with van der Waals surface area (Å²) >= 11 is 0. The standard InChI is InChI=1S/C17H20N4O4S2/c1-3-11-27(23,24)17-18-8-7-16(20-17)21-14-5-4-6-15(13(14)12-19-21)25-9-10-26(2)22/h4-8,12H,3,9-11H2,1-2H3. The van der Waals surface area contributed by atoms with Crippen molar-refractivity contribution < 1.29 is 17.4 Å². The SMILES string of the molecule is CCCS(=O)(=O)c1nccc(-n2ncc3c(OCCS(C)=O)cccc32)n1. The van der Waals surface area contributed by atoms with E-state index in [-0.39, 0.29) is 10.9 Å². The number of aromatic nitrogens is 4. The molecular weight excluding hydrogens is 388 g/mol. The predicted octanol–water partition coefficient (Wildman–Crippen LogP) is 1.76. The number of nitrogens with zero attached hydrogens (tertiary/aromatic N) is 4. The average Bonchev–Trinajstić information content (AvgIpc) is 3.06. The van der Waals surface area contributed by atoms with Gasteiger partial charge in [-0.1, -0.05) is 13.0 Å². The van der Waals surface area contributed by atoms with Crippen molar-refractivity contribution in [2.75, 3.05) is 24.4 Å². The number of rotatable bonds is 8. The maximum atomic E-state index is 12.2. The summed E-state index contributed by atoms with van der Waals surface area (Å²) in [5.74, 6) is 1.42. The molecule has 2 heterocycles. The number of sulfone groups is 1. The van der Waals surface area contributed by atoms with Crippen LogP contribution in [0.1, 0.15) is 13.3 Å².